The van der Waals surface area contributed by atoms with Crippen LogP contribution in [-0.2, 0) is 6.42 Å². The molecule has 0 radical (unpaired) electrons. The van der Waals surface area contributed by atoms with E-state index in [4.69, 9.17) is 9.41 Å². The number of piperidine rings is 1. The Morgan fingerprint density at radius 1 is 1.17 bits per heavy atom. The van der Waals surface area contributed by atoms with Gasteiger partial charge >= 0.3 is 5.76 Å². The molecule has 2 aromatic carbocycles. The Morgan fingerprint density at radius 2 is 1.97 bits per heavy atom. The SMILES string of the molecule is O=c1[nH]c2ccc(C3CN=C(CN4CCC(Cc5ccc(F)cc5)CC4)S3)cc2o1. The first-order valence-electron chi connectivity index (χ1n) is 10.4. The second-order valence-corrected chi connectivity index (χ2v) is 9.44. The van der Waals surface area contributed by atoms with Gasteiger partial charge in [-0.1, -0.05) is 30.0 Å². The highest BCUT2D eigenvalue weighted by Crippen LogP contribution is 2.36. The molecule has 0 spiro atoms. The summed E-state index contributed by atoms with van der Waals surface area (Å²) in [6.07, 6.45) is 3.37. The summed E-state index contributed by atoms with van der Waals surface area (Å²) in [6, 6.07) is 12.8. The minimum atomic E-state index is -0.416. The maximum atomic E-state index is 13.1. The van der Waals surface area contributed by atoms with Crippen molar-refractivity contribution in [1.29, 1.82) is 0 Å². The van der Waals surface area contributed by atoms with Crippen LogP contribution in [0.3, 0.4) is 0 Å². The van der Waals surface area contributed by atoms with E-state index in [0.29, 0.717) is 11.5 Å². The third-order valence-corrected chi connectivity index (χ3v) is 7.27. The summed E-state index contributed by atoms with van der Waals surface area (Å²) < 4.78 is 18.3. The predicted octanol–water partition coefficient (Wildman–Crippen LogP) is 4.40. The van der Waals surface area contributed by atoms with Gasteiger partial charge in [0.1, 0.15) is 5.82 Å². The summed E-state index contributed by atoms with van der Waals surface area (Å²) in [4.78, 5) is 21.3. The number of halogens is 1. The summed E-state index contributed by atoms with van der Waals surface area (Å²) in [5, 5.41) is 1.47. The quantitative estimate of drug-likeness (QED) is 0.658. The number of likely N-dealkylation sites (tertiary alicyclic amines) is 1. The molecule has 156 valence electrons. The Hall–Kier alpha value is -2.38. The average Bonchev–Trinajstić information content (AvgIpc) is 3.36. The molecule has 5 rings (SSSR count). The molecule has 2 aliphatic rings. The molecule has 2 aliphatic heterocycles. The number of nitrogens with zero attached hydrogens (tertiary/aromatic N) is 2. The lowest BCUT2D eigenvalue weighted by Crippen LogP contribution is -2.37. The molecule has 3 aromatic rings. The van der Waals surface area contributed by atoms with Crippen LogP contribution in [0.25, 0.3) is 11.1 Å². The van der Waals surface area contributed by atoms with E-state index in [0.717, 1.165) is 43.7 Å². The number of aliphatic imine (C=N–C) groups is 1. The first-order valence-corrected chi connectivity index (χ1v) is 11.3. The summed E-state index contributed by atoms with van der Waals surface area (Å²) in [5.74, 6) is 0.0839. The summed E-state index contributed by atoms with van der Waals surface area (Å²) >= 11 is 1.82. The van der Waals surface area contributed by atoms with E-state index < -0.39 is 5.76 Å². The fraction of sp³-hybridized carbons (Fsp3) is 0.391. The van der Waals surface area contributed by atoms with Crippen LogP contribution in [0.15, 0.2) is 56.7 Å². The lowest BCUT2D eigenvalue weighted by Gasteiger charge is -2.32. The van der Waals surface area contributed by atoms with Crippen molar-refractivity contribution < 1.29 is 8.81 Å². The van der Waals surface area contributed by atoms with E-state index >= 15 is 0 Å². The Bertz CT molecular complexity index is 1110. The molecule has 0 saturated carbocycles. The largest absolute Gasteiger partial charge is 0.417 e. The Balaban J connectivity index is 1.12. The van der Waals surface area contributed by atoms with Crippen LogP contribution in [-0.4, -0.2) is 41.1 Å². The smallest absolute Gasteiger partial charge is 0.408 e. The van der Waals surface area contributed by atoms with Crippen molar-refractivity contribution in [2.24, 2.45) is 10.9 Å². The second-order valence-electron chi connectivity index (χ2n) is 8.16. The fourth-order valence-corrected chi connectivity index (χ4v) is 5.51. The fourth-order valence-electron chi connectivity index (χ4n) is 4.34. The number of oxazole rings is 1. The third kappa shape index (κ3) is 4.37. The van der Waals surface area contributed by atoms with Gasteiger partial charge in [0, 0.05) is 6.54 Å². The van der Waals surface area contributed by atoms with E-state index in [-0.39, 0.29) is 11.1 Å². The van der Waals surface area contributed by atoms with Crippen LogP contribution in [0.2, 0.25) is 0 Å². The first kappa shape index (κ1) is 19.6. The Kier molecular flexibility index (Phi) is 5.48. The number of nitrogens with one attached hydrogen (secondary N) is 1. The number of H-pyrrole nitrogens is 1. The molecule has 1 saturated heterocycles. The zero-order valence-electron chi connectivity index (χ0n) is 16.6. The van der Waals surface area contributed by atoms with E-state index in [1.807, 2.05) is 42.1 Å². The van der Waals surface area contributed by atoms with Crippen molar-refractivity contribution in [3.8, 4) is 0 Å². The van der Waals surface area contributed by atoms with E-state index in [1.54, 1.807) is 12.1 Å². The Morgan fingerprint density at radius 3 is 2.77 bits per heavy atom. The topological polar surface area (TPSA) is 61.6 Å². The molecule has 1 N–H and O–H groups in total. The number of thioether (sulfide) groups is 1. The molecule has 7 heteroatoms. The molecule has 0 amide bonds. The highest BCUT2D eigenvalue weighted by molar-refractivity contribution is 8.14. The zero-order chi connectivity index (χ0) is 20.5. The number of rotatable bonds is 5. The van der Waals surface area contributed by atoms with Gasteiger partial charge in [-0.25, -0.2) is 9.18 Å². The van der Waals surface area contributed by atoms with Crippen molar-refractivity contribution in [2.45, 2.75) is 24.5 Å². The van der Waals surface area contributed by atoms with Gasteiger partial charge in [-0.05, 0) is 73.7 Å². The van der Waals surface area contributed by atoms with E-state index in [1.165, 1.54) is 23.4 Å². The molecule has 0 bridgehead atoms. The van der Waals surface area contributed by atoms with E-state index in [9.17, 15) is 9.18 Å². The standard InChI is InChI=1S/C23H24FN3O2S/c24-18-4-1-15(2-5-18)11-16-7-9-27(10-8-16)14-22-25-13-21(30-22)17-3-6-19-20(12-17)29-23(28)26-19/h1-6,12,16,21H,7-11,13-14H2,(H,26,28). The predicted molar refractivity (Wildman–Crippen MR) is 119 cm³/mol. The molecule has 1 aromatic heterocycles. The lowest BCUT2D eigenvalue weighted by molar-refractivity contribution is 0.206. The summed E-state index contributed by atoms with van der Waals surface area (Å²) in [6.45, 7) is 3.83. The molecule has 1 unspecified atom stereocenters. The minimum Gasteiger partial charge on any atom is -0.408 e. The van der Waals surface area contributed by atoms with Crippen LogP contribution in [0.4, 0.5) is 4.39 Å². The van der Waals surface area contributed by atoms with Crippen molar-refractivity contribution in [3.63, 3.8) is 0 Å². The summed E-state index contributed by atoms with van der Waals surface area (Å²) in [7, 11) is 0. The van der Waals surface area contributed by atoms with Gasteiger partial charge < -0.3 is 4.42 Å². The number of aromatic nitrogens is 1. The van der Waals surface area contributed by atoms with Crippen LogP contribution < -0.4 is 5.76 Å². The maximum absolute atomic E-state index is 13.1. The van der Waals surface area contributed by atoms with Gasteiger partial charge in [-0.3, -0.25) is 14.9 Å². The van der Waals surface area contributed by atoms with Gasteiger partial charge in [0.05, 0.1) is 22.4 Å². The van der Waals surface area contributed by atoms with Gasteiger partial charge in [-0.15, -0.1) is 0 Å². The van der Waals surface area contributed by atoms with Gasteiger partial charge in [0.2, 0.25) is 0 Å². The molecule has 1 atom stereocenters. The van der Waals surface area contributed by atoms with Gasteiger partial charge in [0.15, 0.2) is 5.58 Å². The molecule has 30 heavy (non-hydrogen) atoms. The highest BCUT2D eigenvalue weighted by atomic mass is 32.2. The number of benzene rings is 2. The number of hydrogen-bond acceptors (Lipinski definition) is 5. The van der Waals surface area contributed by atoms with Crippen molar-refractivity contribution in [2.75, 3.05) is 26.2 Å². The molecular weight excluding hydrogens is 401 g/mol. The second kappa shape index (κ2) is 8.40. The van der Waals surface area contributed by atoms with E-state index in [2.05, 4.69) is 9.88 Å². The number of fused-ring (bicyclic) bond motifs is 1. The average molecular weight is 426 g/mol. The van der Waals surface area contributed by atoms with Crippen LogP contribution >= 0.6 is 11.8 Å². The van der Waals surface area contributed by atoms with Crippen LogP contribution in [0, 0.1) is 11.7 Å². The number of aromatic amines is 1. The van der Waals surface area contributed by atoms with Crippen molar-refractivity contribution in [1.82, 2.24) is 9.88 Å². The van der Waals surface area contributed by atoms with Gasteiger partial charge in [-0.2, -0.15) is 0 Å². The van der Waals surface area contributed by atoms with Crippen LogP contribution in [0.5, 0.6) is 0 Å². The van der Waals surface area contributed by atoms with Crippen molar-refractivity contribution in [3.05, 3.63) is 70.0 Å². The monoisotopic (exact) mass is 425 g/mol. The third-order valence-electron chi connectivity index (χ3n) is 6.03. The van der Waals surface area contributed by atoms with Crippen molar-refractivity contribution >= 4 is 27.9 Å². The molecule has 3 heterocycles. The molecule has 1 fully saturated rings. The number of hydrogen-bond donors (Lipinski definition) is 1. The highest BCUT2D eigenvalue weighted by Gasteiger charge is 2.26. The first-order chi connectivity index (χ1) is 14.6. The lowest BCUT2D eigenvalue weighted by atomic mass is 9.90. The molecular formula is C23H24FN3O2S. The van der Waals surface area contributed by atoms with Gasteiger partial charge in [0.25, 0.3) is 0 Å². The maximum Gasteiger partial charge on any atom is 0.417 e. The zero-order valence-corrected chi connectivity index (χ0v) is 17.5. The minimum absolute atomic E-state index is 0.167. The summed E-state index contributed by atoms with van der Waals surface area (Å²) in [5.41, 5.74) is 3.71. The molecule has 0 aliphatic carbocycles. The Labute approximate surface area is 178 Å². The van der Waals surface area contributed by atoms with Crippen LogP contribution in [0.1, 0.15) is 29.2 Å². The normalized spacial score (nSPS) is 20.7. The molecule has 5 nitrogen and oxygen atoms in total.